The van der Waals surface area contributed by atoms with Crippen LogP contribution in [0.4, 0.5) is 10.1 Å². The summed E-state index contributed by atoms with van der Waals surface area (Å²) in [5.74, 6) is -0.232. The molecule has 0 bridgehead atoms. The molecule has 0 aliphatic carbocycles. The van der Waals surface area contributed by atoms with E-state index in [0.29, 0.717) is 15.6 Å². The van der Waals surface area contributed by atoms with Gasteiger partial charge in [0.2, 0.25) is 5.82 Å². The van der Waals surface area contributed by atoms with Gasteiger partial charge in [-0.15, -0.1) is 0 Å². The largest absolute Gasteiger partial charge is 0.456 e. The highest BCUT2D eigenvalue weighted by molar-refractivity contribution is 9.10. The van der Waals surface area contributed by atoms with Crippen molar-refractivity contribution >= 4 is 37.5 Å². The highest BCUT2D eigenvalue weighted by atomic mass is 79.9. The summed E-state index contributed by atoms with van der Waals surface area (Å²) in [6.45, 7) is 0. The number of nitro benzene ring substituents is 1. The Morgan fingerprint density at radius 3 is 2.55 bits per heavy atom. The molecule has 0 aromatic heterocycles. The van der Waals surface area contributed by atoms with E-state index < -0.39 is 16.4 Å². The van der Waals surface area contributed by atoms with Crippen LogP contribution in [0.2, 0.25) is 0 Å². The Labute approximate surface area is 131 Å². The third-order valence-electron chi connectivity index (χ3n) is 2.49. The molecule has 0 fully saturated rings. The Balaban J connectivity index is 2.26. The maximum Gasteiger partial charge on any atom is 0.305 e. The van der Waals surface area contributed by atoms with E-state index in [1.165, 1.54) is 6.07 Å². The van der Waals surface area contributed by atoms with Gasteiger partial charge in [0.25, 0.3) is 0 Å². The van der Waals surface area contributed by atoms with Crippen LogP contribution in [0.5, 0.6) is 11.5 Å². The van der Waals surface area contributed by atoms with E-state index in [0.717, 1.165) is 17.7 Å². The van der Waals surface area contributed by atoms with Crippen LogP contribution in [0, 0.1) is 15.9 Å². The SMILES string of the molecule is O=[N+]([O-])c1ccc(Oc2ccc(CBr)cc2Br)cc1F. The molecule has 4 nitrogen and oxygen atoms in total. The number of halogens is 3. The zero-order valence-electron chi connectivity index (χ0n) is 9.98. The Morgan fingerprint density at radius 2 is 2.00 bits per heavy atom. The maximum absolute atomic E-state index is 13.5. The van der Waals surface area contributed by atoms with Crippen LogP contribution < -0.4 is 4.74 Å². The fourth-order valence-corrected chi connectivity index (χ4v) is 2.39. The van der Waals surface area contributed by atoms with E-state index in [-0.39, 0.29) is 5.75 Å². The average Bonchev–Trinajstić information content (AvgIpc) is 2.40. The fraction of sp³-hybridized carbons (Fsp3) is 0.0769. The maximum atomic E-state index is 13.5. The highest BCUT2D eigenvalue weighted by Crippen LogP contribution is 2.32. The van der Waals surface area contributed by atoms with E-state index in [9.17, 15) is 14.5 Å². The van der Waals surface area contributed by atoms with Crippen molar-refractivity contribution in [1.29, 1.82) is 0 Å². The third kappa shape index (κ3) is 3.34. The lowest BCUT2D eigenvalue weighted by Crippen LogP contribution is -1.93. The van der Waals surface area contributed by atoms with Gasteiger partial charge >= 0.3 is 5.69 Å². The lowest BCUT2D eigenvalue weighted by Gasteiger charge is -2.08. The van der Waals surface area contributed by atoms with Crippen LogP contribution >= 0.6 is 31.9 Å². The first-order valence-corrected chi connectivity index (χ1v) is 7.39. The summed E-state index contributed by atoms with van der Waals surface area (Å²) in [7, 11) is 0. The number of ether oxygens (including phenoxy) is 1. The van der Waals surface area contributed by atoms with Gasteiger partial charge in [-0.1, -0.05) is 22.0 Å². The van der Waals surface area contributed by atoms with Gasteiger partial charge in [0.1, 0.15) is 11.5 Å². The number of nitrogens with zero attached hydrogens (tertiary/aromatic N) is 1. The Bertz CT molecular complexity index is 664. The smallest absolute Gasteiger partial charge is 0.305 e. The molecule has 0 N–H and O–H groups in total. The minimum atomic E-state index is -0.930. The number of benzene rings is 2. The second-order valence-electron chi connectivity index (χ2n) is 3.87. The normalized spacial score (nSPS) is 10.3. The molecule has 0 amide bonds. The van der Waals surface area contributed by atoms with E-state index in [1.54, 1.807) is 6.07 Å². The highest BCUT2D eigenvalue weighted by Gasteiger charge is 2.15. The van der Waals surface area contributed by atoms with Crippen molar-refractivity contribution in [1.82, 2.24) is 0 Å². The summed E-state index contributed by atoms with van der Waals surface area (Å²) in [6.07, 6.45) is 0. The van der Waals surface area contributed by atoms with Gasteiger partial charge in [0.05, 0.1) is 9.40 Å². The van der Waals surface area contributed by atoms with Crippen molar-refractivity contribution in [2.24, 2.45) is 0 Å². The lowest BCUT2D eigenvalue weighted by molar-refractivity contribution is -0.387. The molecule has 0 spiro atoms. The molecular weight excluding hydrogens is 397 g/mol. The summed E-state index contributed by atoms with van der Waals surface area (Å²) in [5.41, 5.74) is 0.477. The van der Waals surface area contributed by atoms with E-state index in [4.69, 9.17) is 4.74 Å². The molecule has 2 rings (SSSR count). The van der Waals surface area contributed by atoms with Crippen LogP contribution in [0.15, 0.2) is 40.9 Å². The Kier molecular flexibility index (Phi) is 4.72. The molecule has 0 saturated heterocycles. The molecule has 20 heavy (non-hydrogen) atoms. The fourth-order valence-electron chi connectivity index (χ4n) is 1.54. The molecule has 0 atom stereocenters. The first-order chi connectivity index (χ1) is 9.51. The predicted molar refractivity (Wildman–Crippen MR) is 79.9 cm³/mol. The summed E-state index contributed by atoms with van der Waals surface area (Å²) >= 11 is 6.69. The molecule has 7 heteroatoms. The summed E-state index contributed by atoms with van der Waals surface area (Å²) in [6, 6.07) is 8.88. The summed E-state index contributed by atoms with van der Waals surface area (Å²) in [5, 5.41) is 11.2. The average molecular weight is 405 g/mol. The molecule has 0 saturated carbocycles. The standard InChI is InChI=1S/C13H8Br2FNO3/c14-7-8-1-4-13(10(15)5-8)20-9-2-3-12(17(18)19)11(16)6-9/h1-6H,7H2. The summed E-state index contributed by atoms with van der Waals surface area (Å²) < 4.78 is 19.7. The van der Waals surface area contributed by atoms with Crippen molar-refractivity contribution < 1.29 is 14.1 Å². The second-order valence-corrected chi connectivity index (χ2v) is 5.29. The van der Waals surface area contributed by atoms with Gasteiger partial charge in [-0.3, -0.25) is 10.1 Å². The number of rotatable bonds is 4. The van der Waals surface area contributed by atoms with E-state index in [1.807, 2.05) is 12.1 Å². The van der Waals surface area contributed by atoms with Crippen LogP contribution in [-0.2, 0) is 5.33 Å². The second kappa shape index (κ2) is 6.32. The van der Waals surface area contributed by atoms with Crippen molar-refractivity contribution in [2.75, 3.05) is 0 Å². The van der Waals surface area contributed by atoms with Crippen LogP contribution in [0.25, 0.3) is 0 Å². The number of nitro groups is 1. The van der Waals surface area contributed by atoms with E-state index in [2.05, 4.69) is 31.9 Å². The molecular formula is C13H8Br2FNO3. The zero-order chi connectivity index (χ0) is 14.7. The van der Waals surface area contributed by atoms with Gasteiger partial charge < -0.3 is 4.74 Å². The van der Waals surface area contributed by atoms with Crippen LogP contribution in [0.3, 0.4) is 0 Å². The molecule has 2 aromatic carbocycles. The molecule has 104 valence electrons. The molecule has 0 aliphatic heterocycles. The van der Waals surface area contributed by atoms with Crippen LogP contribution in [0.1, 0.15) is 5.56 Å². The zero-order valence-corrected chi connectivity index (χ0v) is 13.1. The van der Waals surface area contributed by atoms with Gasteiger partial charge in [-0.2, -0.15) is 4.39 Å². The van der Waals surface area contributed by atoms with Gasteiger partial charge in [-0.25, -0.2) is 0 Å². The van der Waals surface area contributed by atoms with Crippen molar-refractivity contribution in [3.05, 3.63) is 62.4 Å². The number of alkyl halides is 1. The van der Waals surface area contributed by atoms with Crippen molar-refractivity contribution in [3.8, 4) is 11.5 Å². The molecule has 0 heterocycles. The Morgan fingerprint density at radius 1 is 1.25 bits per heavy atom. The minimum absolute atomic E-state index is 0.195. The van der Waals surface area contributed by atoms with Gasteiger partial charge in [-0.05, 0) is 39.7 Å². The minimum Gasteiger partial charge on any atom is -0.456 e. The van der Waals surface area contributed by atoms with Gasteiger partial charge in [0.15, 0.2) is 0 Å². The lowest BCUT2D eigenvalue weighted by atomic mass is 10.2. The third-order valence-corrected chi connectivity index (χ3v) is 3.76. The van der Waals surface area contributed by atoms with Crippen molar-refractivity contribution in [3.63, 3.8) is 0 Å². The quantitative estimate of drug-likeness (QED) is 0.400. The van der Waals surface area contributed by atoms with Gasteiger partial charge in [0, 0.05) is 17.5 Å². The predicted octanol–water partition coefficient (Wildman–Crippen LogP) is 5.18. The number of hydrogen-bond acceptors (Lipinski definition) is 3. The molecule has 0 radical (unpaired) electrons. The molecule has 0 aliphatic rings. The van der Waals surface area contributed by atoms with Crippen LogP contribution in [-0.4, -0.2) is 4.92 Å². The van der Waals surface area contributed by atoms with E-state index >= 15 is 0 Å². The number of hydrogen-bond donors (Lipinski definition) is 0. The molecule has 0 unspecified atom stereocenters. The first kappa shape index (κ1) is 14.9. The monoisotopic (exact) mass is 403 g/mol. The summed E-state index contributed by atoms with van der Waals surface area (Å²) in [4.78, 5) is 9.75. The van der Waals surface area contributed by atoms with Crippen molar-refractivity contribution in [2.45, 2.75) is 5.33 Å². The molecule has 2 aromatic rings. The topological polar surface area (TPSA) is 52.4 Å². The first-order valence-electron chi connectivity index (χ1n) is 5.47. The Hall–Kier alpha value is -1.47.